The highest BCUT2D eigenvalue weighted by molar-refractivity contribution is 9.10. The van der Waals surface area contributed by atoms with Gasteiger partial charge in [-0.25, -0.2) is 9.18 Å². The summed E-state index contributed by atoms with van der Waals surface area (Å²) in [5, 5.41) is 9.25. The molecule has 1 aromatic carbocycles. The number of hydrogen-bond donors (Lipinski definition) is 1. The van der Waals surface area contributed by atoms with Crippen molar-refractivity contribution in [2.75, 3.05) is 26.3 Å². The number of Topliss-reactive ketones (excluding diaryl/α,β-unsaturated/α-hetero) is 2. The van der Waals surface area contributed by atoms with E-state index in [1.165, 1.54) is 12.1 Å². The number of benzene rings is 1. The molecule has 3 aliphatic heterocycles. The average molecular weight is 437 g/mol. The molecule has 0 radical (unpaired) electrons. The maximum Gasteiger partial charge on any atom is 0.408 e. The highest BCUT2D eigenvalue weighted by Gasteiger charge is 2.46. The second kappa shape index (κ2) is 6.65. The van der Waals surface area contributed by atoms with Crippen molar-refractivity contribution in [3.8, 4) is 0 Å². The number of amides is 1. The van der Waals surface area contributed by atoms with E-state index in [0.717, 1.165) is 4.90 Å². The van der Waals surface area contributed by atoms with Crippen LogP contribution in [0.3, 0.4) is 0 Å². The van der Waals surface area contributed by atoms with Crippen LogP contribution in [0.15, 0.2) is 38.9 Å². The van der Waals surface area contributed by atoms with E-state index in [-0.39, 0.29) is 36.6 Å². The SMILES string of the molecule is O=C1CN(C(=O)O)CC2=C1C(c1ccc(F)c(Br)c1)C1C(=O)COCC1=N2. The third kappa shape index (κ3) is 3.00. The van der Waals surface area contributed by atoms with Gasteiger partial charge in [0.05, 0.1) is 41.5 Å². The summed E-state index contributed by atoms with van der Waals surface area (Å²) >= 11 is 3.15. The molecule has 1 saturated heterocycles. The first-order valence-corrected chi connectivity index (χ1v) is 9.03. The number of fused-ring (bicyclic) bond motifs is 1. The van der Waals surface area contributed by atoms with Crippen molar-refractivity contribution in [3.05, 3.63) is 45.3 Å². The fourth-order valence-corrected chi connectivity index (χ4v) is 4.23. The Balaban J connectivity index is 1.88. The molecule has 1 aromatic rings. The van der Waals surface area contributed by atoms with Crippen LogP contribution in [-0.4, -0.2) is 59.7 Å². The van der Waals surface area contributed by atoms with Crippen LogP contribution in [0.4, 0.5) is 9.18 Å². The number of carbonyl (C=O) groups excluding carboxylic acids is 2. The van der Waals surface area contributed by atoms with Gasteiger partial charge in [0.2, 0.25) is 0 Å². The zero-order valence-electron chi connectivity index (χ0n) is 13.9. The molecule has 2 atom stereocenters. The molecule has 0 spiro atoms. The Bertz CT molecular complexity index is 942. The van der Waals surface area contributed by atoms with Crippen molar-refractivity contribution in [2.45, 2.75) is 5.92 Å². The molecule has 0 saturated carbocycles. The van der Waals surface area contributed by atoms with Gasteiger partial charge in [-0.05, 0) is 33.6 Å². The minimum atomic E-state index is -1.21. The van der Waals surface area contributed by atoms with E-state index in [0.29, 0.717) is 22.5 Å². The van der Waals surface area contributed by atoms with Crippen LogP contribution in [0, 0.1) is 11.7 Å². The largest absolute Gasteiger partial charge is 0.465 e. The van der Waals surface area contributed by atoms with Gasteiger partial charge in [-0.2, -0.15) is 0 Å². The molecule has 2 unspecified atom stereocenters. The Labute approximate surface area is 161 Å². The third-order valence-corrected chi connectivity index (χ3v) is 5.59. The van der Waals surface area contributed by atoms with E-state index in [2.05, 4.69) is 20.9 Å². The maximum absolute atomic E-state index is 13.7. The van der Waals surface area contributed by atoms with E-state index < -0.39 is 29.5 Å². The lowest BCUT2D eigenvalue weighted by molar-refractivity contribution is -0.127. The monoisotopic (exact) mass is 436 g/mol. The first kappa shape index (κ1) is 18.0. The fraction of sp³-hybridized carbons (Fsp3) is 0.333. The predicted octanol–water partition coefficient (Wildman–Crippen LogP) is 2.16. The Kier molecular flexibility index (Phi) is 4.43. The summed E-state index contributed by atoms with van der Waals surface area (Å²) in [6.07, 6.45) is -1.21. The molecule has 3 aliphatic rings. The predicted molar refractivity (Wildman–Crippen MR) is 95.2 cm³/mol. The first-order chi connectivity index (χ1) is 12.9. The average Bonchev–Trinajstić information content (AvgIpc) is 2.62. The van der Waals surface area contributed by atoms with Gasteiger partial charge in [0.25, 0.3) is 0 Å². The van der Waals surface area contributed by atoms with Gasteiger partial charge >= 0.3 is 6.09 Å². The van der Waals surface area contributed by atoms with Crippen molar-refractivity contribution in [3.63, 3.8) is 0 Å². The van der Waals surface area contributed by atoms with Crippen LogP contribution in [0.1, 0.15) is 11.5 Å². The van der Waals surface area contributed by atoms with Crippen LogP contribution in [0.5, 0.6) is 0 Å². The molecule has 140 valence electrons. The Morgan fingerprint density at radius 2 is 2.04 bits per heavy atom. The topological polar surface area (TPSA) is 96.3 Å². The normalized spacial score (nSPS) is 25.1. The number of halogens is 2. The molecule has 0 aliphatic carbocycles. The lowest BCUT2D eigenvalue weighted by Gasteiger charge is -2.39. The quantitative estimate of drug-likeness (QED) is 0.727. The molecule has 9 heteroatoms. The summed E-state index contributed by atoms with van der Waals surface area (Å²) in [5.74, 6) is -2.36. The van der Waals surface area contributed by atoms with E-state index in [4.69, 9.17) is 4.74 Å². The van der Waals surface area contributed by atoms with Crippen molar-refractivity contribution in [1.82, 2.24) is 4.90 Å². The molecule has 7 nitrogen and oxygen atoms in total. The Hall–Kier alpha value is -2.39. The van der Waals surface area contributed by atoms with Crippen molar-refractivity contribution >= 4 is 39.3 Å². The van der Waals surface area contributed by atoms with Gasteiger partial charge in [0.1, 0.15) is 12.4 Å². The first-order valence-electron chi connectivity index (χ1n) is 8.23. The number of ether oxygens (including phenoxy) is 1. The molecule has 4 rings (SSSR count). The van der Waals surface area contributed by atoms with Gasteiger partial charge in [0, 0.05) is 11.5 Å². The zero-order chi connectivity index (χ0) is 19.3. The van der Waals surface area contributed by atoms with Gasteiger partial charge in [0.15, 0.2) is 11.6 Å². The molecule has 0 aromatic heterocycles. The van der Waals surface area contributed by atoms with Crippen LogP contribution in [-0.2, 0) is 14.3 Å². The van der Waals surface area contributed by atoms with E-state index in [1.807, 2.05) is 0 Å². The van der Waals surface area contributed by atoms with E-state index >= 15 is 0 Å². The van der Waals surface area contributed by atoms with Gasteiger partial charge in [-0.3, -0.25) is 19.5 Å². The van der Waals surface area contributed by atoms with Crippen molar-refractivity contribution in [2.24, 2.45) is 10.9 Å². The molecule has 27 heavy (non-hydrogen) atoms. The summed E-state index contributed by atoms with van der Waals surface area (Å²) in [6.45, 7) is -0.289. The summed E-state index contributed by atoms with van der Waals surface area (Å²) in [7, 11) is 0. The van der Waals surface area contributed by atoms with Crippen molar-refractivity contribution in [1.29, 1.82) is 0 Å². The molecule has 1 amide bonds. The number of ketones is 2. The van der Waals surface area contributed by atoms with Crippen LogP contribution in [0.2, 0.25) is 0 Å². The molecular weight excluding hydrogens is 423 g/mol. The maximum atomic E-state index is 13.7. The molecule has 1 fully saturated rings. The van der Waals surface area contributed by atoms with Crippen molar-refractivity contribution < 1.29 is 28.6 Å². The van der Waals surface area contributed by atoms with E-state index in [9.17, 15) is 23.9 Å². The second-order valence-electron chi connectivity index (χ2n) is 6.61. The third-order valence-electron chi connectivity index (χ3n) is 4.98. The lowest BCUT2D eigenvalue weighted by atomic mass is 9.71. The number of aliphatic imine (C=N–C) groups is 1. The number of carboxylic acid groups (broad SMARTS) is 1. The summed E-state index contributed by atoms with van der Waals surface area (Å²) in [4.78, 5) is 42.1. The van der Waals surface area contributed by atoms with Crippen LogP contribution in [0.25, 0.3) is 0 Å². The molecular formula is C18H14BrFN2O5. The number of hydrogen-bond acceptors (Lipinski definition) is 5. The molecule has 0 bridgehead atoms. The summed E-state index contributed by atoms with van der Waals surface area (Å²) < 4.78 is 19.2. The van der Waals surface area contributed by atoms with E-state index in [1.54, 1.807) is 6.07 Å². The standard InChI is InChI=1S/C18H14BrFN2O5/c19-9-3-8(1-2-10(9)20)15-16-11(4-22(18(25)26)5-13(16)23)21-12-6-27-7-14(24)17(12)15/h1-3,15,17H,4-7H2,(H,25,26). The highest BCUT2D eigenvalue weighted by atomic mass is 79.9. The molecule has 3 heterocycles. The lowest BCUT2D eigenvalue weighted by Crippen LogP contribution is -2.49. The Morgan fingerprint density at radius 3 is 2.74 bits per heavy atom. The fourth-order valence-electron chi connectivity index (χ4n) is 3.83. The highest BCUT2D eigenvalue weighted by Crippen LogP contribution is 2.43. The van der Waals surface area contributed by atoms with Crippen LogP contribution < -0.4 is 0 Å². The van der Waals surface area contributed by atoms with Gasteiger partial charge in [-0.1, -0.05) is 6.07 Å². The number of nitrogens with zero attached hydrogens (tertiary/aromatic N) is 2. The zero-order valence-corrected chi connectivity index (χ0v) is 15.5. The van der Waals surface area contributed by atoms with Crippen LogP contribution >= 0.6 is 15.9 Å². The van der Waals surface area contributed by atoms with Gasteiger partial charge < -0.3 is 9.84 Å². The number of rotatable bonds is 1. The number of carbonyl (C=O) groups is 3. The second-order valence-corrected chi connectivity index (χ2v) is 7.47. The molecule has 1 N–H and O–H groups in total. The minimum absolute atomic E-state index is 0.0420. The minimum Gasteiger partial charge on any atom is -0.465 e. The Morgan fingerprint density at radius 1 is 1.26 bits per heavy atom. The smallest absolute Gasteiger partial charge is 0.408 e. The summed E-state index contributed by atoms with van der Waals surface area (Å²) in [5.41, 5.74) is 1.72. The van der Waals surface area contributed by atoms with Gasteiger partial charge in [-0.15, -0.1) is 0 Å². The summed E-state index contributed by atoms with van der Waals surface area (Å²) in [6, 6.07) is 4.36.